The fourth-order valence-corrected chi connectivity index (χ4v) is 3.38. The van der Waals surface area contributed by atoms with E-state index in [9.17, 15) is 4.79 Å². The number of morpholine rings is 1. The Morgan fingerprint density at radius 3 is 2.87 bits per heavy atom. The molecule has 0 aromatic carbocycles. The molecule has 128 valence electrons. The van der Waals surface area contributed by atoms with Gasteiger partial charge in [0.2, 0.25) is 5.91 Å². The lowest BCUT2D eigenvalue weighted by molar-refractivity contribution is -0.148. The molecule has 23 heavy (non-hydrogen) atoms. The summed E-state index contributed by atoms with van der Waals surface area (Å²) in [6, 6.07) is 1.92. The molecule has 2 heterocycles. The SMILES string of the molecule is CCCC[C@@H]1CN(C(=O)CCCn2cccn2)C[C@H](C2CC2)O1. The molecule has 1 aliphatic heterocycles. The van der Waals surface area contributed by atoms with Gasteiger partial charge in [-0.2, -0.15) is 5.10 Å². The lowest BCUT2D eigenvalue weighted by Gasteiger charge is -2.38. The van der Waals surface area contributed by atoms with Crippen LogP contribution in [0.25, 0.3) is 0 Å². The number of amides is 1. The summed E-state index contributed by atoms with van der Waals surface area (Å²) in [5, 5.41) is 4.19. The summed E-state index contributed by atoms with van der Waals surface area (Å²) >= 11 is 0. The molecule has 1 aliphatic carbocycles. The number of aryl methyl sites for hydroxylation is 1. The van der Waals surface area contributed by atoms with E-state index < -0.39 is 0 Å². The van der Waals surface area contributed by atoms with Gasteiger partial charge in [0, 0.05) is 38.4 Å². The molecule has 3 rings (SSSR count). The second-order valence-electron chi connectivity index (χ2n) is 6.95. The van der Waals surface area contributed by atoms with Gasteiger partial charge < -0.3 is 9.64 Å². The third kappa shape index (κ3) is 4.80. The quantitative estimate of drug-likeness (QED) is 0.740. The van der Waals surface area contributed by atoms with Gasteiger partial charge in [-0.25, -0.2) is 0 Å². The van der Waals surface area contributed by atoms with Gasteiger partial charge in [0.1, 0.15) is 0 Å². The van der Waals surface area contributed by atoms with Crippen molar-refractivity contribution in [2.45, 2.75) is 70.6 Å². The van der Waals surface area contributed by atoms with Crippen molar-refractivity contribution in [2.75, 3.05) is 13.1 Å². The number of ether oxygens (including phenoxy) is 1. The third-order valence-corrected chi connectivity index (χ3v) is 4.91. The Balaban J connectivity index is 1.48. The second kappa shape index (κ2) is 7.95. The van der Waals surface area contributed by atoms with Crippen LogP contribution in [0.2, 0.25) is 0 Å². The van der Waals surface area contributed by atoms with E-state index in [0.717, 1.165) is 32.5 Å². The summed E-state index contributed by atoms with van der Waals surface area (Å²) in [5.41, 5.74) is 0. The van der Waals surface area contributed by atoms with E-state index >= 15 is 0 Å². The van der Waals surface area contributed by atoms with Crippen molar-refractivity contribution in [3.8, 4) is 0 Å². The Hall–Kier alpha value is -1.36. The number of carbonyl (C=O) groups is 1. The molecule has 0 radical (unpaired) electrons. The van der Waals surface area contributed by atoms with E-state index in [4.69, 9.17) is 4.74 Å². The number of hydrogen-bond acceptors (Lipinski definition) is 3. The largest absolute Gasteiger partial charge is 0.371 e. The number of carbonyl (C=O) groups excluding carboxylic acids is 1. The first-order chi connectivity index (χ1) is 11.3. The van der Waals surface area contributed by atoms with Crippen LogP contribution in [0, 0.1) is 5.92 Å². The van der Waals surface area contributed by atoms with Crippen molar-refractivity contribution < 1.29 is 9.53 Å². The van der Waals surface area contributed by atoms with Gasteiger partial charge >= 0.3 is 0 Å². The standard InChI is InChI=1S/C18H29N3O2/c1-2-3-6-16-13-20(14-17(23-16)15-8-9-15)18(22)7-4-11-21-12-5-10-19-21/h5,10,12,15-17H,2-4,6-9,11,13-14H2,1H3/t16-,17-/m1/s1. The number of hydrogen-bond donors (Lipinski definition) is 0. The van der Waals surface area contributed by atoms with E-state index in [2.05, 4.69) is 16.9 Å². The van der Waals surface area contributed by atoms with Crippen molar-refractivity contribution in [3.05, 3.63) is 18.5 Å². The number of rotatable bonds is 8. The fraction of sp³-hybridized carbons (Fsp3) is 0.778. The van der Waals surface area contributed by atoms with Gasteiger partial charge in [0.25, 0.3) is 0 Å². The molecule has 1 aromatic rings. The molecule has 5 heteroatoms. The predicted molar refractivity (Wildman–Crippen MR) is 89.0 cm³/mol. The zero-order valence-electron chi connectivity index (χ0n) is 14.2. The Kier molecular flexibility index (Phi) is 5.70. The Labute approximate surface area is 139 Å². The van der Waals surface area contributed by atoms with Crippen LogP contribution >= 0.6 is 0 Å². The lowest BCUT2D eigenvalue weighted by atomic mass is 10.1. The van der Waals surface area contributed by atoms with Gasteiger partial charge in [-0.1, -0.05) is 19.8 Å². The predicted octanol–water partition coefficient (Wildman–Crippen LogP) is 2.86. The van der Waals surface area contributed by atoms with Crippen molar-refractivity contribution in [1.82, 2.24) is 14.7 Å². The number of aromatic nitrogens is 2. The maximum Gasteiger partial charge on any atom is 0.222 e. The molecule has 1 saturated heterocycles. The van der Waals surface area contributed by atoms with Crippen LogP contribution in [0.5, 0.6) is 0 Å². The van der Waals surface area contributed by atoms with E-state index in [1.165, 1.54) is 25.7 Å². The summed E-state index contributed by atoms with van der Waals surface area (Å²) in [5.74, 6) is 0.978. The average Bonchev–Trinajstić information content (AvgIpc) is 3.30. The molecule has 2 aliphatic rings. The highest BCUT2D eigenvalue weighted by Gasteiger charge is 2.39. The highest BCUT2D eigenvalue weighted by atomic mass is 16.5. The van der Waals surface area contributed by atoms with E-state index in [-0.39, 0.29) is 18.1 Å². The summed E-state index contributed by atoms with van der Waals surface area (Å²) in [6.07, 6.45) is 11.7. The molecule has 5 nitrogen and oxygen atoms in total. The zero-order valence-corrected chi connectivity index (χ0v) is 14.2. The van der Waals surface area contributed by atoms with Crippen LogP contribution in [-0.4, -0.2) is 45.9 Å². The van der Waals surface area contributed by atoms with Gasteiger partial charge in [-0.15, -0.1) is 0 Å². The van der Waals surface area contributed by atoms with Crippen molar-refractivity contribution >= 4 is 5.91 Å². The lowest BCUT2D eigenvalue weighted by Crippen LogP contribution is -2.50. The zero-order chi connectivity index (χ0) is 16.1. The van der Waals surface area contributed by atoms with Gasteiger partial charge in [-0.3, -0.25) is 9.48 Å². The molecular weight excluding hydrogens is 290 g/mol. The second-order valence-corrected chi connectivity index (χ2v) is 6.95. The van der Waals surface area contributed by atoms with Gasteiger partial charge in [0.05, 0.1) is 12.2 Å². The normalized spacial score (nSPS) is 24.8. The summed E-state index contributed by atoms with van der Waals surface area (Å²) in [6.45, 7) is 4.60. The Bertz CT molecular complexity index is 484. The first-order valence-electron chi connectivity index (χ1n) is 9.17. The smallest absolute Gasteiger partial charge is 0.222 e. The van der Waals surface area contributed by atoms with Crippen molar-refractivity contribution in [2.24, 2.45) is 5.92 Å². The van der Waals surface area contributed by atoms with Crippen LogP contribution in [0.3, 0.4) is 0 Å². The molecule has 1 aromatic heterocycles. The molecule has 0 N–H and O–H groups in total. The monoisotopic (exact) mass is 319 g/mol. The minimum absolute atomic E-state index is 0.240. The first kappa shape index (κ1) is 16.5. The van der Waals surface area contributed by atoms with Crippen molar-refractivity contribution in [1.29, 1.82) is 0 Å². The molecule has 0 unspecified atom stereocenters. The maximum absolute atomic E-state index is 12.6. The van der Waals surface area contributed by atoms with E-state index in [1.807, 2.05) is 16.9 Å². The molecule has 2 fully saturated rings. The third-order valence-electron chi connectivity index (χ3n) is 4.91. The maximum atomic E-state index is 12.6. The van der Waals surface area contributed by atoms with Gasteiger partial charge in [0.15, 0.2) is 0 Å². The summed E-state index contributed by atoms with van der Waals surface area (Å²) in [7, 11) is 0. The van der Waals surface area contributed by atoms with Gasteiger partial charge in [-0.05, 0) is 37.7 Å². The minimum atomic E-state index is 0.240. The average molecular weight is 319 g/mol. The molecule has 0 spiro atoms. The Morgan fingerprint density at radius 2 is 2.17 bits per heavy atom. The molecule has 0 bridgehead atoms. The van der Waals surface area contributed by atoms with Crippen LogP contribution in [0.4, 0.5) is 0 Å². The Morgan fingerprint density at radius 1 is 1.30 bits per heavy atom. The first-order valence-corrected chi connectivity index (χ1v) is 9.17. The highest BCUT2D eigenvalue weighted by molar-refractivity contribution is 5.76. The van der Waals surface area contributed by atoms with Crippen LogP contribution < -0.4 is 0 Å². The summed E-state index contributed by atoms with van der Waals surface area (Å²) < 4.78 is 8.14. The van der Waals surface area contributed by atoms with E-state index in [0.29, 0.717) is 12.3 Å². The summed E-state index contributed by atoms with van der Waals surface area (Å²) in [4.78, 5) is 14.6. The minimum Gasteiger partial charge on any atom is -0.371 e. The topological polar surface area (TPSA) is 47.4 Å². The highest BCUT2D eigenvalue weighted by Crippen LogP contribution is 2.37. The fourth-order valence-electron chi connectivity index (χ4n) is 3.38. The molecule has 1 amide bonds. The molecule has 1 saturated carbocycles. The van der Waals surface area contributed by atoms with E-state index in [1.54, 1.807) is 6.20 Å². The van der Waals surface area contributed by atoms with Crippen LogP contribution in [0.15, 0.2) is 18.5 Å². The number of nitrogens with zero attached hydrogens (tertiary/aromatic N) is 3. The number of unbranched alkanes of at least 4 members (excludes halogenated alkanes) is 1. The molecule has 2 atom stereocenters. The molecular formula is C18H29N3O2. The van der Waals surface area contributed by atoms with Crippen molar-refractivity contribution in [3.63, 3.8) is 0 Å². The van der Waals surface area contributed by atoms with Crippen LogP contribution in [-0.2, 0) is 16.1 Å². The van der Waals surface area contributed by atoms with Crippen LogP contribution in [0.1, 0.15) is 51.9 Å².